The fourth-order valence-corrected chi connectivity index (χ4v) is 2.47. The van der Waals surface area contributed by atoms with Gasteiger partial charge in [0.05, 0.1) is 17.9 Å². The van der Waals surface area contributed by atoms with E-state index < -0.39 is 0 Å². The molecule has 94 valence electrons. The van der Waals surface area contributed by atoms with Gasteiger partial charge in [0.1, 0.15) is 5.76 Å². The minimum Gasteiger partial charge on any atom is -0.467 e. The molecule has 1 atom stereocenters. The van der Waals surface area contributed by atoms with E-state index in [0.29, 0.717) is 5.56 Å². The molecule has 0 spiro atoms. The lowest BCUT2D eigenvalue weighted by Gasteiger charge is -2.12. The van der Waals surface area contributed by atoms with E-state index in [1.165, 1.54) is 0 Å². The Morgan fingerprint density at radius 1 is 1.44 bits per heavy atom. The van der Waals surface area contributed by atoms with Crippen molar-refractivity contribution in [1.29, 1.82) is 0 Å². The van der Waals surface area contributed by atoms with Gasteiger partial charge in [-0.2, -0.15) is 0 Å². The van der Waals surface area contributed by atoms with Crippen LogP contribution in [0.2, 0.25) is 0 Å². The number of carbonyl (C=O) groups excluding carboxylic acids is 1. The molecule has 0 saturated carbocycles. The molecule has 0 aliphatic carbocycles. The van der Waals surface area contributed by atoms with Crippen molar-refractivity contribution in [2.75, 3.05) is 0 Å². The molecule has 1 N–H and O–H groups in total. The summed E-state index contributed by atoms with van der Waals surface area (Å²) in [5, 5.41) is 2.90. The molecule has 1 unspecified atom stereocenters. The van der Waals surface area contributed by atoms with E-state index in [-0.39, 0.29) is 11.9 Å². The molecule has 3 nitrogen and oxygen atoms in total. The van der Waals surface area contributed by atoms with Gasteiger partial charge in [0.15, 0.2) is 0 Å². The second-order valence-electron chi connectivity index (χ2n) is 3.83. The lowest BCUT2D eigenvalue weighted by molar-refractivity contribution is 0.0934. The predicted octanol–water partition coefficient (Wildman–Crippen LogP) is 4.14. The van der Waals surface area contributed by atoms with Crippen LogP contribution in [0.25, 0.3) is 0 Å². The largest absolute Gasteiger partial charge is 0.467 e. The summed E-state index contributed by atoms with van der Waals surface area (Å²) in [6.07, 6.45) is 1.60. The minimum absolute atomic E-state index is 0.121. The Balaban J connectivity index is 2.15. The number of hydrogen-bond donors (Lipinski definition) is 1. The molecule has 1 amide bonds. The smallest absolute Gasteiger partial charge is 0.253 e. The third-order valence-corrected chi connectivity index (χ3v) is 3.85. The fraction of sp³-hybridized carbons (Fsp3) is 0.154. The van der Waals surface area contributed by atoms with Gasteiger partial charge in [0.25, 0.3) is 5.91 Å². The van der Waals surface area contributed by atoms with Crippen molar-refractivity contribution in [2.45, 2.75) is 13.0 Å². The number of hydrogen-bond acceptors (Lipinski definition) is 2. The number of halogens is 2. The fourth-order valence-electron chi connectivity index (χ4n) is 1.55. The van der Waals surface area contributed by atoms with E-state index in [0.717, 1.165) is 13.8 Å². The van der Waals surface area contributed by atoms with Crippen molar-refractivity contribution < 1.29 is 9.21 Å². The maximum absolute atomic E-state index is 12.1. The molecule has 1 aromatic heterocycles. The number of nitrogens with one attached hydrogen (secondary N) is 1. The first-order valence-corrected chi connectivity index (χ1v) is 7.24. The van der Waals surface area contributed by atoms with Gasteiger partial charge in [0.2, 0.25) is 0 Å². The molecule has 2 rings (SSSR count). The standard InChI is InChI=1S/C13H11BrINO2/c1-8(12-3-2-6-18-12)16-13(17)10-7-9(15)4-5-11(10)14/h2-8H,1H3,(H,16,17). The van der Waals surface area contributed by atoms with Crippen LogP contribution in [-0.4, -0.2) is 5.91 Å². The zero-order valence-electron chi connectivity index (χ0n) is 9.61. The van der Waals surface area contributed by atoms with E-state index in [1.54, 1.807) is 12.3 Å². The van der Waals surface area contributed by atoms with Crippen molar-refractivity contribution in [3.05, 3.63) is 56.0 Å². The Hall–Kier alpha value is -0.820. The van der Waals surface area contributed by atoms with Crippen molar-refractivity contribution >= 4 is 44.4 Å². The van der Waals surface area contributed by atoms with Crippen LogP contribution in [0.3, 0.4) is 0 Å². The molecule has 0 bridgehead atoms. The molecular weight excluding hydrogens is 409 g/mol. The molecule has 0 saturated heterocycles. The zero-order valence-corrected chi connectivity index (χ0v) is 13.4. The molecule has 5 heteroatoms. The Bertz CT molecular complexity index is 554. The molecule has 1 heterocycles. The van der Waals surface area contributed by atoms with Gasteiger partial charge in [-0.25, -0.2) is 0 Å². The summed E-state index contributed by atoms with van der Waals surface area (Å²) in [6.45, 7) is 1.89. The molecule has 0 aliphatic rings. The van der Waals surface area contributed by atoms with Crippen LogP contribution in [0.15, 0.2) is 45.5 Å². The maximum atomic E-state index is 12.1. The quantitative estimate of drug-likeness (QED) is 0.759. The van der Waals surface area contributed by atoms with Crippen LogP contribution in [0.5, 0.6) is 0 Å². The van der Waals surface area contributed by atoms with Crippen LogP contribution in [0, 0.1) is 3.57 Å². The van der Waals surface area contributed by atoms with Gasteiger partial charge in [0, 0.05) is 8.04 Å². The molecule has 2 aromatic rings. The summed E-state index contributed by atoms with van der Waals surface area (Å²) < 4.78 is 7.06. The summed E-state index contributed by atoms with van der Waals surface area (Å²) in [7, 11) is 0. The van der Waals surface area contributed by atoms with E-state index in [2.05, 4.69) is 43.8 Å². The van der Waals surface area contributed by atoms with E-state index >= 15 is 0 Å². The van der Waals surface area contributed by atoms with E-state index in [1.807, 2.05) is 31.2 Å². The summed E-state index contributed by atoms with van der Waals surface area (Å²) in [4.78, 5) is 12.1. The normalized spacial score (nSPS) is 12.2. The third kappa shape index (κ3) is 3.14. The average Bonchev–Trinajstić information content (AvgIpc) is 2.85. The molecule has 1 aromatic carbocycles. The highest BCUT2D eigenvalue weighted by Crippen LogP contribution is 2.21. The Morgan fingerprint density at radius 3 is 2.89 bits per heavy atom. The molecular formula is C13H11BrINO2. The van der Waals surface area contributed by atoms with Crippen LogP contribution < -0.4 is 5.32 Å². The zero-order chi connectivity index (χ0) is 13.1. The third-order valence-electron chi connectivity index (χ3n) is 2.49. The second-order valence-corrected chi connectivity index (χ2v) is 5.93. The topological polar surface area (TPSA) is 42.2 Å². The molecule has 0 aliphatic heterocycles. The van der Waals surface area contributed by atoms with Gasteiger partial charge in [-0.1, -0.05) is 0 Å². The van der Waals surface area contributed by atoms with Crippen molar-refractivity contribution in [2.24, 2.45) is 0 Å². The number of rotatable bonds is 3. The summed E-state index contributed by atoms with van der Waals surface area (Å²) in [5.41, 5.74) is 0.625. The highest BCUT2D eigenvalue weighted by atomic mass is 127. The summed E-state index contributed by atoms with van der Waals surface area (Å²) >= 11 is 5.56. The van der Waals surface area contributed by atoms with Crippen LogP contribution in [0.4, 0.5) is 0 Å². The van der Waals surface area contributed by atoms with Crippen LogP contribution >= 0.6 is 38.5 Å². The van der Waals surface area contributed by atoms with Crippen LogP contribution in [0.1, 0.15) is 29.1 Å². The first-order chi connectivity index (χ1) is 8.58. The maximum Gasteiger partial charge on any atom is 0.253 e. The number of amides is 1. The molecule has 18 heavy (non-hydrogen) atoms. The van der Waals surface area contributed by atoms with Crippen molar-refractivity contribution in [1.82, 2.24) is 5.32 Å². The van der Waals surface area contributed by atoms with E-state index in [9.17, 15) is 4.79 Å². The van der Waals surface area contributed by atoms with Gasteiger partial charge < -0.3 is 9.73 Å². The Labute approximate surface area is 127 Å². The Kier molecular flexibility index (Phi) is 4.45. The molecule has 0 radical (unpaired) electrons. The van der Waals surface area contributed by atoms with Crippen LogP contribution in [-0.2, 0) is 0 Å². The second kappa shape index (κ2) is 5.88. The van der Waals surface area contributed by atoms with Crippen molar-refractivity contribution in [3.8, 4) is 0 Å². The molecule has 0 fully saturated rings. The first kappa shape index (κ1) is 13.6. The predicted molar refractivity (Wildman–Crippen MR) is 81.4 cm³/mol. The average molecular weight is 420 g/mol. The van der Waals surface area contributed by atoms with Crippen molar-refractivity contribution in [3.63, 3.8) is 0 Å². The van der Waals surface area contributed by atoms with E-state index in [4.69, 9.17) is 4.42 Å². The first-order valence-electron chi connectivity index (χ1n) is 5.37. The SMILES string of the molecule is CC(NC(=O)c1cc(I)ccc1Br)c1ccco1. The highest BCUT2D eigenvalue weighted by molar-refractivity contribution is 14.1. The van der Waals surface area contributed by atoms with Gasteiger partial charge in [-0.15, -0.1) is 0 Å². The van der Waals surface area contributed by atoms with Gasteiger partial charge in [-0.3, -0.25) is 4.79 Å². The lowest BCUT2D eigenvalue weighted by Crippen LogP contribution is -2.26. The number of carbonyl (C=O) groups is 1. The number of benzene rings is 1. The summed E-state index contributed by atoms with van der Waals surface area (Å²) in [5.74, 6) is 0.620. The highest BCUT2D eigenvalue weighted by Gasteiger charge is 2.15. The monoisotopic (exact) mass is 419 g/mol. The minimum atomic E-state index is -0.155. The Morgan fingerprint density at radius 2 is 2.22 bits per heavy atom. The van der Waals surface area contributed by atoms with Gasteiger partial charge >= 0.3 is 0 Å². The summed E-state index contributed by atoms with van der Waals surface area (Å²) in [6, 6.07) is 9.14. The van der Waals surface area contributed by atoms with Gasteiger partial charge in [-0.05, 0) is 75.8 Å². The number of furan rings is 1. The lowest BCUT2D eigenvalue weighted by atomic mass is 10.2.